The van der Waals surface area contributed by atoms with E-state index >= 15 is 0 Å². The van der Waals surface area contributed by atoms with E-state index in [0.717, 1.165) is 28.5 Å². The van der Waals surface area contributed by atoms with E-state index in [4.69, 9.17) is 0 Å². The first-order chi connectivity index (χ1) is 13.2. The number of carbonyl (C=O) groups excluding carboxylic acids is 1. The van der Waals surface area contributed by atoms with Gasteiger partial charge in [0, 0.05) is 11.3 Å². The highest BCUT2D eigenvalue weighted by molar-refractivity contribution is 7.99. The van der Waals surface area contributed by atoms with Crippen LogP contribution in [-0.2, 0) is 6.42 Å². The standard InChI is InChI=1S/C21H23N3OS2/c1-3-13-26-18-12-8-7-11-17(18)20(25)22-21-24-23-19(27-21)14-15(2)16-9-5-4-6-10-16/h4-12,15H,3,13-14H2,1-2H3,(H,22,24,25). The van der Waals surface area contributed by atoms with Gasteiger partial charge < -0.3 is 0 Å². The Hall–Kier alpha value is -2.18. The molecule has 1 N–H and O–H groups in total. The number of carbonyl (C=O) groups is 1. The molecule has 0 fully saturated rings. The summed E-state index contributed by atoms with van der Waals surface area (Å²) in [5, 5.41) is 12.8. The third kappa shape index (κ3) is 5.40. The average Bonchev–Trinajstić information content (AvgIpc) is 3.13. The molecule has 0 aliphatic rings. The van der Waals surface area contributed by atoms with Crippen LogP contribution in [0.25, 0.3) is 0 Å². The molecule has 0 aliphatic carbocycles. The van der Waals surface area contributed by atoms with Crippen LogP contribution in [0, 0.1) is 0 Å². The molecule has 1 atom stereocenters. The molecule has 0 saturated carbocycles. The molecule has 140 valence electrons. The summed E-state index contributed by atoms with van der Waals surface area (Å²) in [6.07, 6.45) is 1.88. The summed E-state index contributed by atoms with van der Waals surface area (Å²) in [6, 6.07) is 18.1. The van der Waals surface area contributed by atoms with Crippen LogP contribution in [0.4, 0.5) is 5.13 Å². The Kier molecular flexibility index (Phi) is 7.01. The monoisotopic (exact) mass is 397 g/mol. The zero-order valence-corrected chi connectivity index (χ0v) is 17.1. The van der Waals surface area contributed by atoms with Gasteiger partial charge in [0.2, 0.25) is 5.13 Å². The topological polar surface area (TPSA) is 54.9 Å². The van der Waals surface area contributed by atoms with Gasteiger partial charge in [0.25, 0.3) is 5.91 Å². The first-order valence-corrected chi connectivity index (χ1v) is 10.9. The maximum Gasteiger partial charge on any atom is 0.258 e. The third-order valence-corrected chi connectivity index (χ3v) is 6.27. The Morgan fingerprint density at radius 1 is 1.11 bits per heavy atom. The van der Waals surface area contributed by atoms with Crippen molar-refractivity contribution in [3.05, 3.63) is 70.7 Å². The molecule has 1 unspecified atom stereocenters. The Morgan fingerprint density at radius 2 is 1.85 bits per heavy atom. The fraction of sp³-hybridized carbons (Fsp3) is 0.286. The van der Waals surface area contributed by atoms with E-state index in [1.807, 2.05) is 42.5 Å². The van der Waals surface area contributed by atoms with E-state index in [0.29, 0.717) is 16.6 Å². The highest BCUT2D eigenvalue weighted by Crippen LogP contribution is 2.26. The first kappa shape index (κ1) is 19.6. The molecule has 1 heterocycles. The first-order valence-electron chi connectivity index (χ1n) is 9.08. The van der Waals surface area contributed by atoms with E-state index < -0.39 is 0 Å². The van der Waals surface area contributed by atoms with Gasteiger partial charge in [-0.1, -0.05) is 67.6 Å². The number of hydrogen-bond acceptors (Lipinski definition) is 5. The lowest BCUT2D eigenvalue weighted by Gasteiger charge is -2.09. The predicted octanol–water partition coefficient (Wildman–Crippen LogP) is 5.64. The van der Waals surface area contributed by atoms with Crippen molar-refractivity contribution in [1.29, 1.82) is 0 Å². The molecular formula is C21H23N3OS2. The van der Waals surface area contributed by atoms with E-state index in [-0.39, 0.29) is 5.91 Å². The zero-order valence-electron chi connectivity index (χ0n) is 15.5. The Bertz CT molecular complexity index is 880. The summed E-state index contributed by atoms with van der Waals surface area (Å²) in [6.45, 7) is 4.31. The Morgan fingerprint density at radius 3 is 2.63 bits per heavy atom. The second-order valence-electron chi connectivity index (χ2n) is 6.32. The lowest BCUT2D eigenvalue weighted by Crippen LogP contribution is -2.12. The summed E-state index contributed by atoms with van der Waals surface area (Å²) >= 11 is 3.15. The number of benzene rings is 2. The molecule has 1 amide bonds. The predicted molar refractivity (Wildman–Crippen MR) is 114 cm³/mol. The molecule has 4 nitrogen and oxygen atoms in total. The minimum atomic E-state index is -0.131. The third-order valence-electron chi connectivity index (χ3n) is 4.13. The van der Waals surface area contributed by atoms with Gasteiger partial charge in [-0.3, -0.25) is 10.1 Å². The van der Waals surface area contributed by atoms with Crippen molar-refractivity contribution in [2.75, 3.05) is 11.1 Å². The molecule has 0 bridgehead atoms. The lowest BCUT2D eigenvalue weighted by atomic mass is 9.98. The molecule has 1 aromatic heterocycles. The van der Waals surface area contributed by atoms with Gasteiger partial charge in [-0.15, -0.1) is 22.0 Å². The number of aromatic nitrogens is 2. The average molecular weight is 398 g/mol. The number of thioether (sulfide) groups is 1. The minimum Gasteiger partial charge on any atom is -0.296 e. The summed E-state index contributed by atoms with van der Waals surface area (Å²) in [4.78, 5) is 13.7. The van der Waals surface area contributed by atoms with Gasteiger partial charge in [0.15, 0.2) is 0 Å². The number of nitrogens with zero attached hydrogens (tertiary/aromatic N) is 2. The Balaban J connectivity index is 1.65. The van der Waals surface area contributed by atoms with Crippen molar-refractivity contribution in [1.82, 2.24) is 10.2 Å². The normalized spacial score (nSPS) is 11.9. The van der Waals surface area contributed by atoms with Gasteiger partial charge in [-0.2, -0.15) is 0 Å². The molecule has 0 spiro atoms. The number of amides is 1. The zero-order chi connectivity index (χ0) is 19.1. The molecule has 2 aromatic carbocycles. The van der Waals surface area contributed by atoms with Crippen molar-refractivity contribution >= 4 is 34.1 Å². The highest BCUT2D eigenvalue weighted by Gasteiger charge is 2.15. The van der Waals surface area contributed by atoms with Gasteiger partial charge in [0.1, 0.15) is 5.01 Å². The number of nitrogens with one attached hydrogen (secondary N) is 1. The van der Waals surface area contributed by atoms with E-state index in [2.05, 4.69) is 41.5 Å². The van der Waals surface area contributed by atoms with Crippen LogP contribution in [0.1, 0.15) is 47.1 Å². The summed E-state index contributed by atoms with van der Waals surface area (Å²) < 4.78 is 0. The van der Waals surface area contributed by atoms with Crippen LogP contribution in [0.5, 0.6) is 0 Å². The SMILES string of the molecule is CCCSc1ccccc1C(=O)Nc1nnc(CC(C)c2ccccc2)s1. The van der Waals surface area contributed by atoms with E-state index in [9.17, 15) is 4.79 Å². The van der Waals surface area contributed by atoms with Crippen LogP contribution in [-0.4, -0.2) is 21.9 Å². The molecule has 0 aliphatic heterocycles. The lowest BCUT2D eigenvalue weighted by molar-refractivity contribution is 0.102. The summed E-state index contributed by atoms with van der Waals surface area (Å²) in [5.74, 6) is 1.21. The minimum absolute atomic E-state index is 0.131. The Labute approximate surface area is 168 Å². The van der Waals surface area contributed by atoms with Crippen LogP contribution in [0.2, 0.25) is 0 Å². The van der Waals surface area contributed by atoms with Gasteiger partial charge in [-0.05, 0) is 35.8 Å². The van der Waals surface area contributed by atoms with Crippen LogP contribution >= 0.6 is 23.1 Å². The fourth-order valence-corrected chi connectivity index (χ4v) is 4.48. The van der Waals surface area contributed by atoms with Crippen molar-refractivity contribution in [2.45, 2.75) is 37.5 Å². The maximum atomic E-state index is 12.7. The second kappa shape index (κ2) is 9.67. The largest absolute Gasteiger partial charge is 0.296 e. The van der Waals surface area contributed by atoms with Crippen molar-refractivity contribution in [2.24, 2.45) is 0 Å². The second-order valence-corrected chi connectivity index (χ2v) is 8.51. The van der Waals surface area contributed by atoms with Crippen LogP contribution < -0.4 is 5.32 Å². The molecule has 3 aromatic rings. The highest BCUT2D eigenvalue weighted by atomic mass is 32.2. The summed E-state index contributed by atoms with van der Waals surface area (Å²) in [7, 11) is 0. The quantitative estimate of drug-likeness (QED) is 0.500. The molecule has 6 heteroatoms. The number of hydrogen-bond donors (Lipinski definition) is 1. The van der Waals surface area contributed by atoms with Gasteiger partial charge >= 0.3 is 0 Å². The van der Waals surface area contributed by atoms with Crippen molar-refractivity contribution in [3.8, 4) is 0 Å². The van der Waals surface area contributed by atoms with E-state index in [1.165, 1.54) is 16.9 Å². The van der Waals surface area contributed by atoms with Crippen molar-refractivity contribution < 1.29 is 4.79 Å². The molecule has 0 saturated heterocycles. The molecule has 3 rings (SSSR count). The number of rotatable bonds is 8. The molecular weight excluding hydrogens is 374 g/mol. The summed E-state index contributed by atoms with van der Waals surface area (Å²) in [5.41, 5.74) is 1.96. The van der Waals surface area contributed by atoms with Crippen LogP contribution in [0.15, 0.2) is 59.5 Å². The smallest absolute Gasteiger partial charge is 0.258 e. The molecule has 27 heavy (non-hydrogen) atoms. The maximum absolute atomic E-state index is 12.7. The van der Waals surface area contributed by atoms with Crippen LogP contribution in [0.3, 0.4) is 0 Å². The van der Waals surface area contributed by atoms with Gasteiger partial charge in [0.05, 0.1) is 5.56 Å². The fourth-order valence-electron chi connectivity index (χ4n) is 2.70. The van der Waals surface area contributed by atoms with Gasteiger partial charge in [-0.25, -0.2) is 0 Å². The van der Waals surface area contributed by atoms with E-state index in [1.54, 1.807) is 11.8 Å². The number of anilines is 1. The molecule has 0 radical (unpaired) electrons. The van der Waals surface area contributed by atoms with Crippen molar-refractivity contribution in [3.63, 3.8) is 0 Å².